The first-order chi connectivity index (χ1) is 7.04. The number of anilines is 1. The van der Waals surface area contributed by atoms with E-state index in [0.717, 1.165) is 6.42 Å². The lowest BCUT2D eigenvalue weighted by atomic mass is 10.2. The van der Waals surface area contributed by atoms with E-state index in [9.17, 15) is 4.79 Å². The Balaban J connectivity index is 2.86. The van der Waals surface area contributed by atoms with Crippen molar-refractivity contribution in [2.75, 3.05) is 5.73 Å². The third-order valence-corrected chi connectivity index (χ3v) is 2.78. The first-order valence-electron chi connectivity index (χ1n) is 4.80. The van der Waals surface area contributed by atoms with Crippen LogP contribution >= 0.6 is 15.9 Å². The Kier molecular flexibility index (Phi) is 4.15. The van der Waals surface area contributed by atoms with Crippen molar-refractivity contribution in [2.24, 2.45) is 0 Å². The topological polar surface area (TPSA) is 52.3 Å². The van der Waals surface area contributed by atoms with Crippen molar-refractivity contribution in [3.05, 3.63) is 28.2 Å². The highest BCUT2D eigenvalue weighted by Gasteiger charge is 2.14. The summed E-state index contributed by atoms with van der Waals surface area (Å²) in [6.45, 7) is 3.82. The van der Waals surface area contributed by atoms with Gasteiger partial charge in [-0.3, -0.25) is 0 Å². The van der Waals surface area contributed by atoms with Crippen molar-refractivity contribution in [3.63, 3.8) is 0 Å². The summed E-state index contributed by atoms with van der Waals surface area (Å²) in [4.78, 5) is 11.7. The molecule has 0 aromatic heterocycles. The number of carbonyl (C=O) groups is 1. The van der Waals surface area contributed by atoms with E-state index in [-0.39, 0.29) is 12.1 Å². The fraction of sp³-hybridized carbons (Fsp3) is 0.364. The van der Waals surface area contributed by atoms with Crippen molar-refractivity contribution >= 4 is 27.6 Å². The zero-order chi connectivity index (χ0) is 11.4. The lowest BCUT2D eigenvalue weighted by Crippen LogP contribution is -2.14. The minimum absolute atomic E-state index is 0.0779. The summed E-state index contributed by atoms with van der Waals surface area (Å²) in [6, 6.07) is 5.07. The summed E-state index contributed by atoms with van der Waals surface area (Å²) in [7, 11) is 0. The molecule has 1 unspecified atom stereocenters. The maximum absolute atomic E-state index is 11.7. The number of rotatable bonds is 3. The number of hydrogen-bond donors (Lipinski definition) is 1. The predicted molar refractivity (Wildman–Crippen MR) is 63.7 cm³/mol. The van der Waals surface area contributed by atoms with Crippen molar-refractivity contribution in [2.45, 2.75) is 26.4 Å². The summed E-state index contributed by atoms with van der Waals surface area (Å²) in [5, 5.41) is 0. The highest BCUT2D eigenvalue weighted by atomic mass is 79.9. The summed E-state index contributed by atoms with van der Waals surface area (Å²) in [5.74, 6) is -0.344. The second kappa shape index (κ2) is 5.16. The van der Waals surface area contributed by atoms with Crippen LogP contribution in [0.4, 0.5) is 5.69 Å². The zero-order valence-electron chi connectivity index (χ0n) is 8.79. The fourth-order valence-electron chi connectivity index (χ4n) is 1.03. The fourth-order valence-corrected chi connectivity index (χ4v) is 1.44. The molecule has 1 aromatic carbocycles. The van der Waals surface area contributed by atoms with Crippen LogP contribution in [0, 0.1) is 0 Å². The molecular formula is C11H14BrNO2. The van der Waals surface area contributed by atoms with Gasteiger partial charge in [0, 0.05) is 10.2 Å². The molecule has 1 rings (SSSR count). The SMILES string of the molecule is CCC(C)OC(=O)c1cc(N)ccc1Br. The number of halogens is 1. The number of benzene rings is 1. The molecule has 0 fully saturated rings. The predicted octanol–water partition coefficient (Wildman–Crippen LogP) is 2.99. The number of nitrogens with two attached hydrogens (primary N) is 1. The van der Waals surface area contributed by atoms with Crippen LogP contribution in [0.15, 0.2) is 22.7 Å². The van der Waals surface area contributed by atoms with Gasteiger partial charge in [-0.2, -0.15) is 0 Å². The lowest BCUT2D eigenvalue weighted by molar-refractivity contribution is 0.0333. The van der Waals surface area contributed by atoms with Gasteiger partial charge in [-0.05, 0) is 47.5 Å². The van der Waals surface area contributed by atoms with Gasteiger partial charge in [0.15, 0.2) is 0 Å². The van der Waals surface area contributed by atoms with E-state index in [1.807, 2.05) is 13.8 Å². The van der Waals surface area contributed by atoms with Crippen LogP contribution in [0.25, 0.3) is 0 Å². The summed E-state index contributed by atoms with van der Waals surface area (Å²) < 4.78 is 5.90. The van der Waals surface area contributed by atoms with E-state index in [0.29, 0.717) is 15.7 Å². The van der Waals surface area contributed by atoms with Gasteiger partial charge in [0.25, 0.3) is 0 Å². The number of nitrogen functional groups attached to an aromatic ring is 1. The van der Waals surface area contributed by atoms with Crippen LogP contribution in [0.5, 0.6) is 0 Å². The molecule has 2 N–H and O–H groups in total. The maximum Gasteiger partial charge on any atom is 0.339 e. The molecule has 0 aliphatic heterocycles. The molecule has 82 valence electrons. The van der Waals surface area contributed by atoms with Crippen LogP contribution < -0.4 is 5.73 Å². The molecule has 0 saturated carbocycles. The molecule has 0 spiro atoms. The second-order valence-electron chi connectivity index (χ2n) is 3.36. The quantitative estimate of drug-likeness (QED) is 0.679. The van der Waals surface area contributed by atoms with E-state index < -0.39 is 0 Å². The number of hydrogen-bond acceptors (Lipinski definition) is 3. The molecule has 3 nitrogen and oxygen atoms in total. The van der Waals surface area contributed by atoms with Crippen LogP contribution in [-0.2, 0) is 4.74 Å². The van der Waals surface area contributed by atoms with Gasteiger partial charge >= 0.3 is 5.97 Å². The molecule has 0 aliphatic carbocycles. The lowest BCUT2D eigenvalue weighted by Gasteiger charge is -2.11. The zero-order valence-corrected chi connectivity index (χ0v) is 10.4. The molecule has 15 heavy (non-hydrogen) atoms. The Morgan fingerprint density at radius 3 is 2.87 bits per heavy atom. The monoisotopic (exact) mass is 271 g/mol. The average Bonchev–Trinajstić information content (AvgIpc) is 2.21. The number of carbonyl (C=O) groups excluding carboxylic acids is 1. The highest BCUT2D eigenvalue weighted by Crippen LogP contribution is 2.21. The van der Waals surface area contributed by atoms with E-state index in [1.165, 1.54) is 0 Å². The molecule has 1 atom stereocenters. The first-order valence-corrected chi connectivity index (χ1v) is 5.60. The molecule has 0 bridgehead atoms. The van der Waals surface area contributed by atoms with Crippen molar-refractivity contribution < 1.29 is 9.53 Å². The van der Waals surface area contributed by atoms with Crippen molar-refractivity contribution in [1.82, 2.24) is 0 Å². The molecule has 0 heterocycles. The summed E-state index contributed by atoms with van der Waals surface area (Å²) >= 11 is 3.29. The Bertz CT molecular complexity index is 366. The number of esters is 1. The van der Waals surface area contributed by atoms with Crippen LogP contribution in [-0.4, -0.2) is 12.1 Å². The third-order valence-electron chi connectivity index (χ3n) is 2.09. The van der Waals surface area contributed by atoms with Crippen molar-refractivity contribution in [3.8, 4) is 0 Å². The maximum atomic E-state index is 11.7. The smallest absolute Gasteiger partial charge is 0.339 e. The highest BCUT2D eigenvalue weighted by molar-refractivity contribution is 9.10. The minimum Gasteiger partial charge on any atom is -0.459 e. The minimum atomic E-state index is -0.344. The Hall–Kier alpha value is -1.03. The first kappa shape index (κ1) is 12.0. The molecule has 4 heteroatoms. The van der Waals surface area contributed by atoms with Gasteiger partial charge < -0.3 is 10.5 Å². The number of ether oxygens (including phenoxy) is 1. The summed E-state index contributed by atoms with van der Waals surface area (Å²) in [6.07, 6.45) is 0.719. The van der Waals surface area contributed by atoms with E-state index >= 15 is 0 Å². The Labute approximate surface area is 97.7 Å². The molecular weight excluding hydrogens is 258 g/mol. The van der Waals surface area contributed by atoms with Crippen LogP contribution in [0.3, 0.4) is 0 Å². The Morgan fingerprint density at radius 1 is 1.60 bits per heavy atom. The standard InChI is InChI=1S/C11H14BrNO2/c1-3-7(2)15-11(14)9-6-8(13)4-5-10(9)12/h4-7H,3,13H2,1-2H3. The Morgan fingerprint density at radius 2 is 2.27 bits per heavy atom. The molecule has 0 saturated heterocycles. The molecule has 0 radical (unpaired) electrons. The van der Waals surface area contributed by atoms with E-state index in [1.54, 1.807) is 18.2 Å². The van der Waals surface area contributed by atoms with Gasteiger partial charge in [0.1, 0.15) is 0 Å². The molecule has 0 amide bonds. The van der Waals surface area contributed by atoms with Crippen LogP contribution in [0.2, 0.25) is 0 Å². The third kappa shape index (κ3) is 3.23. The van der Waals surface area contributed by atoms with Gasteiger partial charge in [0.05, 0.1) is 11.7 Å². The summed E-state index contributed by atoms with van der Waals surface area (Å²) in [5.41, 5.74) is 6.62. The van der Waals surface area contributed by atoms with Gasteiger partial charge in [-0.25, -0.2) is 4.79 Å². The second-order valence-corrected chi connectivity index (χ2v) is 4.22. The van der Waals surface area contributed by atoms with E-state index in [2.05, 4.69) is 15.9 Å². The van der Waals surface area contributed by atoms with E-state index in [4.69, 9.17) is 10.5 Å². The van der Waals surface area contributed by atoms with Gasteiger partial charge in [0.2, 0.25) is 0 Å². The normalized spacial score (nSPS) is 12.2. The molecule has 0 aliphatic rings. The van der Waals surface area contributed by atoms with Crippen molar-refractivity contribution in [1.29, 1.82) is 0 Å². The van der Waals surface area contributed by atoms with Gasteiger partial charge in [-0.15, -0.1) is 0 Å². The van der Waals surface area contributed by atoms with Crippen LogP contribution in [0.1, 0.15) is 30.6 Å². The average molecular weight is 272 g/mol. The molecule has 1 aromatic rings. The van der Waals surface area contributed by atoms with Gasteiger partial charge in [-0.1, -0.05) is 6.92 Å². The largest absolute Gasteiger partial charge is 0.459 e.